The van der Waals surface area contributed by atoms with Crippen molar-refractivity contribution in [3.63, 3.8) is 0 Å². The maximum absolute atomic E-state index is 3.30. The Bertz CT molecular complexity index is 80.1. The molecule has 0 fully saturated rings. The summed E-state index contributed by atoms with van der Waals surface area (Å²) in [4.78, 5) is 0. The van der Waals surface area contributed by atoms with Crippen molar-refractivity contribution in [3.05, 3.63) is 12.2 Å². The monoisotopic (exact) mass is 95.1 g/mol. The molecule has 0 bridgehead atoms. The third-order valence-corrected chi connectivity index (χ3v) is 1.20. The summed E-state index contributed by atoms with van der Waals surface area (Å²) in [6.07, 6.45) is 5.62. The molecule has 1 atom stereocenters. The molecule has 1 N–H and O–H groups in total. The minimum Gasteiger partial charge on any atom is -0.318 e. The predicted molar refractivity (Wildman–Crippen MR) is 34.1 cm³/mol. The molecule has 0 saturated carbocycles. The van der Waals surface area contributed by atoms with E-state index in [2.05, 4.69) is 25.3 Å². The lowest BCUT2D eigenvalue weighted by molar-refractivity contribution is 0.690. The second-order valence-corrected chi connectivity index (χ2v) is 1.96. The first-order valence-corrected chi connectivity index (χ1v) is 2.79. The van der Waals surface area contributed by atoms with Crippen molar-refractivity contribution in [2.45, 2.75) is 12.4 Å². The highest BCUT2D eigenvalue weighted by Crippen LogP contribution is 1.90. The topological polar surface area (TPSA) is 12.0 Å². The van der Waals surface area contributed by atoms with Gasteiger partial charge in [-0.05, 0) is 18.9 Å². The van der Waals surface area contributed by atoms with Gasteiger partial charge in [-0.15, -0.1) is 0 Å². The molecule has 0 aromatic heterocycles. The highest BCUT2D eigenvalue weighted by molar-refractivity contribution is 6.13. The standard InChI is InChI=1S/C5H10BN/c6-5-3-1-2-4-7-5/h1,3,5,7H,2,4,6H2. The third kappa shape index (κ3) is 1.36. The Morgan fingerprint density at radius 1 is 1.71 bits per heavy atom. The van der Waals surface area contributed by atoms with Gasteiger partial charge in [0.2, 0.25) is 0 Å². The van der Waals surface area contributed by atoms with Gasteiger partial charge in [0.1, 0.15) is 7.85 Å². The van der Waals surface area contributed by atoms with Crippen LogP contribution in [0.4, 0.5) is 0 Å². The van der Waals surface area contributed by atoms with E-state index in [0.29, 0.717) is 5.94 Å². The Kier molecular flexibility index (Phi) is 1.52. The molecule has 2 heteroatoms. The smallest absolute Gasteiger partial charge is 0.128 e. The van der Waals surface area contributed by atoms with E-state index < -0.39 is 0 Å². The first-order chi connectivity index (χ1) is 3.39. The molecule has 1 unspecified atom stereocenters. The number of hydrogen-bond acceptors (Lipinski definition) is 1. The van der Waals surface area contributed by atoms with Crippen LogP contribution in [0.2, 0.25) is 0 Å². The molecule has 0 saturated heterocycles. The number of nitrogens with one attached hydrogen (secondary N) is 1. The largest absolute Gasteiger partial charge is 0.318 e. The molecule has 38 valence electrons. The zero-order valence-corrected chi connectivity index (χ0v) is 4.65. The summed E-state index contributed by atoms with van der Waals surface area (Å²) in [5.74, 6) is 0.605. The lowest BCUT2D eigenvalue weighted by atomic mass is 9.94. The van der Waals surface area contributed by atoms with Gasteiger partial charge in [0, 0.05) is 0 Å². The van der Waals surface area contributed by atoms with Crippen LogP contribution >= 0.6 is 0 Å². The molecule has 1 aliphatic rings. The Balaban J connectivity index is 2.36. The van der Waals surface area contributed by atoms with Gasteiger partial charge in [0.05, 0.1) is 0 Å². The molecule has 0 spiro atoms. The van der Waals surface area contributed by atoms with Crippen molar-refractivity contribution in [2.75, 3.05) is 6.54 Å². The first-order valence-electron chi connectivity index (χ1n) is 2.79. The number of rotatable bonds is 0. The fraction of sp³-hybridized carbons (Fsp3) is 0.600. The van der Waals surface area contributed by atoms with Gasteiger partial charge in [0.25, 0.3) is 0 Å². The van der Waals surface area contributed by atoms with Crippen LogP contribution in [0.1, 0.15) is 6.42 Å². The van der Waals surface area contributed by atoms with E-state index in [4.69, 9.17) is 0 Å². The minimum absolute atomic E-state index is 0.605. The van der Waals surface area contributed by atoms with Gasteiger partial charge in [-0.25, -0.2) is 0 Å². The van der Waals surface area contributed by atoms with Gasteiger partial charge in [0.15, 0.2) is 0 Å². The lowest BCUT2D eigenvalue weighted by Gasteiger charge is -2.11. The summed E-state index contributed by atoms with van der Waals surface area (Å²) in [6.45, 7) is 1.15. The second kappa shape index (κ2) is 2.17. The van der Waals surface area contributed by atoms with Gasteiger partial charge in [-0.1, -0.05) is 12.2 Å². The van der Waals surface area contributed by atoms with Crippen LogP contribution in [0.15, 0.2) is 12.2 Å². The van der Waals surface area contributed by atoms with Crippen molar-refractivity contribution in [1.82, 2.24) is 5.32 Å². The molecule has 0 aromatic carbocycles. The molecule has 1 rings (SSSR count). The molecular formula is C5H10BN. The Labute approximate surface area is 45.2 Å². The predicted octanol–water partition coefficient (Wildman–Crippen LogP) is -0.505. The average Bonchev–Trinajstić information content (AvgIpc) is 1.69. The molecule has 7 heavy (non-hydrogen) atoms. The van der Waals surface area contributed by atoms with Crippen molar-refractivity contribution >= 4 is 7.85 Å². The molecular weight excluding hydrogens is 84.9 g/mol. The maximum Gasteiger partial charge on any atom is 0.128 e. The Morgan fingerprint density at radius 3 is 2.86 bits per heavy atom. The van der Waals surface area contributed by atoms with E-state index in [1.54, 1.807) is 0 Å². The zero-order chi connectivity index (χ0) is 5.11. The zero-order valence-electron chi connectivity index (χ0n) is 4.65. The molecule has 0 amide bonds. The number of hydrogen-bond donors (Lipinski definition) is 1. The van der Waals surface area contributed by atoms with Gasteiger partial charge < -0.3 is 5.32 Å². The van der Waals surface area contributed by atoms with Crippen LogP contribution in [0.25, 0.3) is 0 Å². The highest BCUT2D eigenvalue weighted by Gasteiger charge is 1.96. The van der Waals surface area contributed by atoms with E-state index in [9.17, 15) is 0 Å². The highest BCUT2D eigenvalue weighted by atomic mass is 14.9. The molecule has 1 aliphatic heterocycles. The molecule has 1 heterocycles. The normalized spacial score (nSPS) is 30.6. The SMILES string of the molecule is BC1C=CCCN1. The van der Waals surface area contributed by atoms with E-state index in [1.807, 2.05) is 0 Å². The maximum atomic E-state index is 3.30. The summed E-state index contributed by atoms with van der Waals surface area (Å²) in [5, 5.41) is 3.30. The van der Waals surface area contributed by atoms with Crippen molar-refractivity contribution < 1.29 is 0 Å². The van der Waals surface area contributed by atoms with Gasteiger partial charge in [-0.3, -0.25) is 0 Å². The third-order valence-electron chi connectivity index (χ3n) is 1.20. The van der Waals surface area contributed by atoms with E-state index >= 15 is 0 Å². The summed E-state index contributed by atoms with van der Waals surface area (Å²) >= 11 is 0. The van der Waals surface area contributed by atoms with Crippen LogP contribution in [0.5, 0.6) is 0 Å². The van der Waals surface area contributed by atoms with Gasteiger partial charge >= 0.3 is 0 Å². The van der Waals surface area contributed by atoms with Crippen LogP contribution in [0.3, 0.4) is 0 Å². The van der Waals surface area contributed by atoms with Crippen molar-refractivity contribution in [2.24, 2.45) is 0 Å². The van der Waals surface area contributed by atoms with Crippen molar-refractivity contribution in [1.29, 1.82) is 0 Å². The summed E-state index contributed by atoms with van der Waals surface area (Å²) in [5.41, 5.74) is 0. The minimum atomic E-state index is 0.605. The van der Waals surface area contributed by atoms with Crippen LogP contribution in [0, 0.1) is 0 Å². The van der Waals surface area contributed by atoms with E-state index in [-0.39, 0.29) is 0 Å². The van der Waals surface area contributed by atoms with Crippen molar-refractivity contribution in [3.8, 4) is 0 Å². The van der Waals surface area contributed by atoms with Crippen LogP contribution in [-0.4, -0.2) is 20.3 Å². The van der Waals surface area contributed by atoms with E-state index in [0.717, 1.165) is 6.54 Å². The lowest BCUT2D eigenvalue weighted by Crippen LogP contribution is -2.30. The second-order valence-electron chi connectivity index (χ2n) is 1.96. The summed E-state index contributed by atoms with van der Waals surface area (Å²) < 4.78 is 0. The van der Waals surface area contributed by atoms with Crippen LogP contribution < -0.4 is 5.32 Å². The van der Waals surface area contributed by atoms with Crippen LogP contribution in [-0.2, 0) is 0 Å². The first kappa shape index (κ1) is 4.91. The Hall–Kier alpha value is -0.235. The molecule has 1 nitrogen and oxygen atoms in total. The quantitative estimate of drug-likeness (QED) is 0.315. The Morgan fingerprint density at radius 2 is 2.57 bits per heavy atom. The molecule has 0 aliphatic carbocycles. The van der Waals surface area contributed by atoms with E-state index in [1.165, 1.54) is 6.42 Å². The fourth-order valence-corrected chi connectivity index (χ4v) is 0.763. The molecule has 0 aromatic rings. The summed E-state index contributed by atoms with van der Waals surface area (Å²) in [6, 6.07) is 0. The van der Waals surface area contributed by atoms with Gasteiger partial charge in [-0.2, -0.15) is 0 Å². The summed E-state index contributed by atoms with van der Waals surface area (Å²) in [7, 11) is 2.16. The average molecular weight is 95.0 g/mol. The molecule has 0 radical (unpaired) electrons. The fourth-order valence-electron chi connectivity index (χ4n) is 0.763.